The Labute approximate surface area is 128 Å². The highest BCUT2D eigenvalue weighted by Crippen LogP contribution is 2.44. The SMILES string of the molecule is Cc1cc(F)ccc1-c1nc(C2CC2)c(CNC2CC2)s1. The van der Waals surface area contributed by atoms with Crippen molar-refractivity contribution in [3.63, 3.8) is 0 Å². The van der Waals surface area contributed by atoms with E-state index in [1.807, 2.05) is 13.0 Å². The van der Waals surface area contributed by atoms with Gasteiger partial charge in [-0.15, -0.1) is 11.3 Å². The van der Waals surface area contributed by atoms with Crippen LogP contribution in [0, 0.1) is 12.7 Å². The Balaban J connectivity index is 1.66. The molecule has 0 bridgehead atoms. The third-order valence-electron chi connectivity index (χ3n) is 4.24. The minimum Gasteiger partial charge on any atom is -0.309 e. The lowest BCUT2D eigenvalue weighted by Crippen LogP contribution is -2.15. The summed E-state index contributed by atoms with van der Waals surface area (Å²) in [7, 11) is 0. The second-order valence-corrected chi connectivity index (χ2v) is 7.30. The van der Waals surface area contributed by atoms with E-state index < -0.39 is 0 Å². The smallest absolute Gasteiger partial charge is 0.124 e. The van der Waals surface area contributed by atoms with Crippen LogP contribution in [0.4, 0.5) is 4.39 Å². The predicted molar refractivity (Wildman–Crippen MR) is 84.1 cm³/mol. The molecular formula is C17H19FN2S. The van der Waals surface area contributed by atoms with Crippen LogP contribution in [0.15, 0.2) is 18.2 Å². The molecule has 2 nitrogen and oxygen atoms in total. The van der Waals surface area contributed by atoms with E-state index >= 15 is 0 Å². The van der Waals surface area contributed by atoms with Gasteiger partial charge in [0, 0.05) is 28.9 Å². The van der Waals surface area contributed by atoms with Crippen molar-refractivity contribution in [1.29, 1.82) is 0 Å². The molecule has 2 aliphatic carbocycles. The number of hydrogen-bond donors (Lipinski definition) is 1. The molecule has 1 aromatic heterocycles. The maximum atomic E-state index is 13.3. The fourth-order valence-electron chi connectivity index (χ4n) is 2.67. The zero-order valence-electron chi connectivity index (χ0n) is 12.2. The molecule has 0 aliphatic heterocycles. The molecule has 2 fully saturated rings. The van der Waals surface area contributed by atoms with Gasteiger partial charge >= 0.3 is 0 Å². The first-order chi connectivity index (χ1) is 10.2. The highest BCUT2D eigenvalue weighted by Gasteiger charge is 2.30. The minimum absolute atomic E-state index is 0.175. The van der Waals surface area contributed by atoms with Gasteiger partial charge in [-0.3, -0.25) is 0 Å². The summed E-state index contributed by atoms with van der Waals surface area (Å²) in [6.07, 6.45) is 5.15. The molecule has 1 N–H and O–H groups in total. The fourth-order valence-corrected chi connectivity index (χ4v) is 3.86. The third kappa shape index (κ3) is 2.87. The van der Waals surface area contributed by atoms with Gasteiger partial charge in [-0.2, -0.15) is 0 Å². The summed E-state index contributed by atoms with van der Waals surface area (Å²) in [6, 6.07) is 5.70. The Morgan fingerprint density at radius 2 is 2.10 bits per heavy atom. The van der Waals surface area contributed by atoms with E-state index in [4.69, 9.17) is 4.98 Å². The van der Waals surface area contributed by atoms with Crippen molar-refractivity contribution in [2.45, 2.75) is 51.1 Å². The molecule has 2 aliphatic rings. The molecule has 0 saturated heterocycles. The van der Waals surface area contributed by atoms with Gasteiger partial charge in [0.1, 0.15) is 10.8 Å². The number of nitrogens with zero attached hydrogens (tertiary/aromatic N) is 1. The number of halogens is 1. The molecule has 0 amide bonds. The maximum absolute atomic E-state index is 13.3. The van der Waals surface area contributed by atoms with E-state index in [1.165, 1.54) is 42.3 Å². The monoisotopic (exact) mass is 302 g/mol. The largest absolute Gasteiger partial charge is 0.309 e. The molecule has 2 aromatic rings. The summed E-state index contributed by atoms with van der Waals surface area (Å²) in [5.74, 6) is 0.484. The first-order valence-electron chi connectivity index (χ1n) is 7.70. The lowest BCUT2D eigenvalue weighted by atomic mass is 10.1. The number of nitrogens with one attached hydrogen (secondary N) is 1. The van der Waals surface area contributed by atoms with E-state index in [0.717, 1.165) is 28.7 Å². The maximum Gasteiger partial charge on any atom is 0.124 e. The normalized spacial score (nSPS) is 18.2. The van der Waals surface area contributed by atoms with E-state index in [1.54, 1.807) is 17.4 Å². The van der Waals surface area contributed by atoms with Crippen LogP contribution < -0.4 is 5.32 Å². The summed E-state index contributed by atoms with van der Waals surface area (Å²) in [5.41, 5.74) is 3.32. The van der Waals surface area contributed by atoms with Crippen LogP contribution in [-0.4, -0.2) is 11.0 Å². The van der Waals surface area contributed by atoms with Crippen molar-refractivity contribution >= 4 is 11.3 Å². The predicted octanol–water partition coefficient (Wildman–Crippen LogP) is 4.39. The van der Waals surface area contributed by atoms with Gasteiger partial charge in [-0.1, -0.05) is 0 Å². The van der Waals surface area contributed by atoms with Gasteiger partial charge in [-0.25, -0.2) is 9.37 Å². The quantitative estimate of drug-likeness (QED) is 0.886. The molecule has 0 atom stereocenters. The van der Waals surface area contributed by atoms with Crippen LogP contribution >= 0.6 is 11.3 Å². The van der Waals surface area contributed by atoms with Crippen LogP contribution in [0.3, 0.4) is 0 Å². The van der Waals surface area contributed by atoms with E-state index in [-0.39, 0.29) is 5.82 Å². The lowest BCUT2D eigenvalue weighted by Gasteiger charge is -2.01. The van der Waals surface area contributed by atoms with Crippen molar-refractivity contribution in [2.75, 3.05) is 0 Å². The number of thiazole rings is 1. The van der Waals surface area contributed by atoms with Crippen LogP contribution in [0.5, 0.6) is 0 Å². The van der Waals surface area contributed by atoms with E-state index in [0.29, 0.717) is 5.92 Å². The zero-order chi connectivity index (χ0) is 14.4. The average molecular weight is 302 g/mol. The fraction of sp³-hybridized carbons (Fsp3) is 0.471. The molecule has 1 heterocycles. The highest BCUT2D eigenvalue weighted by molar-refractivity contribution is 7.15. The van der Waals surface area contributed by atoms with Crippen LogP contribution in [0.1, 0.15) is 47.7 Å². The number of benzene rings is 1. The average Bonchev–Trinajstić information content (AvgIpc) is 3.36. The number of aromatic nitrogens is 1. The van der Waals surface area contributed by atoms with Gasteiger partial charge in [0.2, 0.25) is 0 Å². The number of aryl methyl sites for hydroxylation is 1. The second-order valence-electron chi connectivity index (χ2n) is 6.22. The Morgan fingerprint density at radius 3 is 2.76 bits per heavy atom. The molecule has 110 valence electrons. The minimum atomic E-state index is -0.175. The van der Waals surface area contributed by atoms with Crippen LogP contribution in [-0.2, 0) is 6.54 Å². The van der Waals surface area contributed by atoms with Gasteiger partial charge in [0.05, 0.1) is 5.69 Å². The standard InChI is InChI=1S/C17H19FN2S/c1-10-8-12(18)4-7-14(10)17-20-16(11-2-3-11)15(21-17)9-19-13-5-6-13/h4,7-8,11,13,19H,2-3,5-6,9H2,1H3. The van der Waals surface area contributed by atoms with Gasteiger partial charge in [0.15, 0.2) is 0 Å². The van der Waals surface area contributed by atoms with E-state index in [9.17, 15) is 4.39 Å². The van der Waals surface area contributed by atoms with Crippen LogP contribution in [0.25, 0.3) is 10.6 Å². The summed E-state index contributed by atoms with van der Waals surface area (Å²) >= 11 is 1.77. The Morgan fingerprint density at radius 1 is 1.29 bits per heavy atom. The first kappa shape index (κ1) is 13.4. The van der Waals surface area contributed by atoms with Crippen LogP contribution in [0.2, 0.25) is 0 Å². The molecule has 2 saturated carbocycles. The van der Waals surface area contributed by atoms with Crippen molar-refractivity contribution in [3.05, 3.63) is 40.2 Å². The van der Waals surface area contributed by atoms with Gasteiger partial charge in [-0.05, 0) is 56.4 Å². The van der Waals surface area contributed by atoms with Crippen molar-refractivity contribution in [3.8, 4) is 10.6 Å². The summed E-state index contributed by atoms with van der Waals surface area (Å²) in [4.78, 5) is 6.27. The van der Waals surface area contributed by atoms with Gasteiger partial charge < -0.3 is 5.32 Å². The Kier molecular flexibility index (Phi) is 3.31. The Bertz CT molecular complexity index is 671. The molecule has 0 unspecified atom stereocenters. The molecule has 0 radical (unpaired) electrons. The molecule has 4 rings (SSSR count). The Hall–Kier alpha value is -1.26. The molecule has 4 heteroatoms. The van der Waals surface area contributed by atoms with Crippen molar-refractivity contribution < 1.29 is 4.39 Å². The second kappa shape index (κ2) is 5.18. The zero-order valence-corrected chi connectivity index (χ0v) is 13.0. The van der Waals surface area contributed by atoms with E-state index in [2.05, 4.69) is 5.32 Å². The topological polar surface area (TPSA) is 24.9 Å². The first-order valence-corrected chi connectivity index (χ1v) is 8.52. The van der Waals surface area contributed by atoms with Crippen molar-refractivity contribution in [1.82, 2.24) is 10.3 Å². The van der Waals surface area contributed by atoms with Crippen molar-refractivity contribution in [2.24, 2.45) is 0 Å². The third-order valence-corrected chi connectivity index (χ3v) is 5.34. The molecule has 0 spiro atoms. The number of hydrogen-bond acceptors (Lipinski definition) is 3. The number of rotatable bonds is 5. The summed E-state index contributed by atoms with van der Waals surface area (Å²) in [6.45, 7) is 2.90. The lowest BCUT2D eigenvalue weighted by molar-refractivity contribution is 0.627. The molecule has 1 aromatic carbocycles. The summed E-state index contributed by atoms with van der Waals surface area (Å²) < 4.78 is 13.3. The molecular weight excluding hydrogens is 283 g/mol. The van der Waals surface area contributed by atoms with Gasteiger partial charge in [0.25, 0.3) is 0 Å². The summed E-state index contributed by atoms with van der Waals surface area (Å²) in [5, 5.41) is 4.64. The highest BCUT2D eigenvalue weighted by atomic mass is 32.1. The molecule has 21 heavy (non-hydrogen) atoms.